The molecule has 21 heavy (non-hydrogen) atoms. The lowest BCUT2D eigenvalue weighted by molar-refractivity contribution is 0.102. The lowest BCUT2D eigenvalue weighted by atomic mass is 10.2. The number of hydrogen-bond donors (Lipinski definition) is 1. The molecular weight excluding hydrogens is 291 g/mol. The van der Waals surface area contributed by atoms with Crippen molar-refractivity contribution in [2.24, 2.45) is 0 Å². The van der Waals surface area contributed by atoms with Crippen LogP contribution in [-0.2, 0) is 0 Å². The van der Waals surface area contributed by atoms with E-state index in [2.05, 4.69) is 20.3 Å². The Morgan fingerprint density at radius 3 is 2.95 bits per heavy atom. The summed E-state index contributed by atoms with van der Waals surface area (Å²) in [6.45, 7) is 0. The van der Waals surface area contributed by atoms with Crippen molar-refractivity contribution < 1.29 is 9.18 Å². The van der Waals surface area contributed by atoms with Crippen molar-refractivity contribution in [1.82, 2.24) is 15.0 Å². The zero-order valence-electron chi connectivity index (χ0n) is 10.7. The summed E-state index contributed by atoms with van der Waals surface area (Å²) in [6, 6.07) is 6.13. The van der Waals surface area contributed by atoms with Gasteiger partial charge in [0.1, 0.15) is 11.5 Å². The Kier molecular flexibility index (Phi) is 3.65. The van der Waals surface area contributed by atoms with Gasteiger partial charge in [0, 0.05) is 23.3 Å². The highest BCUT2D eigenvalue weighted by molar-refractivity contribution is 7.14. The van der Waals surface area contributed by atoms with Gasteiger partial charge >= 0.3 is 0 Å². The first-order valence-electron chi connectivity index (χ1n) is 6.01. The van der Waals surface area contributed by atoms with Crippen LogP contribution in [0.4, 0.5) is 9.52 Å². The molecule has 0 atom stereocenters. The molecule has 1 amide bonds. The summed E-state index contributed by atoms with van der Waals surface area (Å²) < 4.78 is 13.2. The van der Waals surface area contributed by atoms with E-state index in [0.29, 0.717) is 16.4 Å². The summed E-state index contributed by atoms with van der Waals surface area (Å²) in [6.07, 6.45) is 4.30. The Labute approximate surface area is 123 Å². The first-order valence-corrected chi connectivity index (χ1v) is 6.89. The molecule has 0 spiro atoms. The van der Waals surface area contributed by atoms with Crippen molar-refractivity contribution in [2.75, 3.05) is 5.32 Å². The van der Waals surface area contributed by atoms with E-state index >= 15 is 0 Å². The van der Waals surface area contributed by atoms with Gasteiger partial charge in [0.25, 0.3) is 5.91 Å². The summed E-state index contributed by atoms with van der Waals surface area (Å²) in [7, 11) is 0. The number of thiazole rings is 1. The highest BCUT2D eigenvalue weighted by atomic mass is 32.1. The van der Waals surface area contributed by atoms with Crippen molar-refractivity contribution >= 4 is 22.4 Å². The van der Waals surface area contributed by atoms with E-state index in [1.54, 1.807) is 17.5 Å². The molecule has 3 aromatic rings. The second kappa shape index (κ2) is 5.76. The van der Waals surface area contributed by atoms with E-state index in [9.17, 15) is 9.18 Å². The second-order valence-electron chi connectivity index (χ2n) is 4.09. The fraction of sp³-hybridized carbons (Fsp3) is 0. The molecule has 0 unspecified atom stereocenters. The van der Waals surface area contributed by atoms with Crippen molar-refractivity contribution in [3.8, 4) is 11.3 Å². The number of rotatable bonds is 3. The molecule has 0 fully saturated rings. The molecule has 7 heteroatoms. The zero-order valence-corrected chi connectivity index (χ0v) is 11.5. The van der Waals surface area contributed by atoms with E-state index in [-0.39, 0.29) is 17.4 Å². The molecule has 0 aliphatic heterocycles. The first-order chi connectivity index (χ1) is 10.2. The molecule has 0 bridgehead atoms. The molecule has 104 valence electrons. The number of amides is 1. The zero-order chi connectivity index (χ0) is 14.7. The molecule has 0 saturated carbocycles. The standard InChI is InChI=1S/C14H9FN4OS/c15-10-3-1-2-9(6-10)12-8-21-14(18-12)19-13(20)11-7-16-4-5-17-11/h1-8H,(H,18,19,20). The van der Waals surface area contributed by atoms with Crippen molar-refractivity contribution in [3.05, 3.63) is 59.7 Å². The van der Waals surface area contributed by atoms with Crippen LogP contribution < -0.4 is 5.32 Å². The number of aromatic nitrogens is 3. The molecule has 0 aliphatic rings. The third kappa shape index (κ3) is 3.09. The maximum absolute atomic E-state index is 13.2. The number of carbonyl (C=O) groups is 1. The molecular formula is C14H9FN4OS. The summed E-state index contributed by atoms with van der Waals surface area (Å²) in [5.74, 6) is -0.714. The van der Waals surface area contributed by atoms with E-state index in [4.69, 9.17) is 0 Å². The largest absolute Gasteiger partial charge is 0.296 e. The van der Waals surface area contributed by atoms with Crippen LogP contribution in [0.5, 0.6) is 0 Å². The molecule has 3 rings (SSSR count). The molecule has 1 aromatic carbocycles. The number of benzene rings is 1. The van der Waals surface area contributed by atoms with Crippen molar-refractivity contribution in [3.63, 3.8) is 0 Å². The number of hydrogen-bond acceptors (Lipinski definition) is 5. The first kappa shape index (κ1) is 13.3. The van der Waals surface area contributed by atoms with Crippen LogP contribution in [0.3, 0.4) is 0 Å². The molecule has 0 aliphatic carbocycles. The Morgan fingerprint density at radius 2 is 2.19 bits per heavy atom. The predicted octanol–water partition coefficient (Wildman–Crippen LogP) is 2.99. The molecule has 0 saturated heterocycles. The van der Waals surface area contributed by atoms with Crippen LogP contribution in [0, 0.1) is 5.82 Å². The van der Waals surface area contributed by atoms with E-state index < -0.39 is 0 Å². The minimum atomic E-state index is -0.386. The fourth-order valence-corrected chi connectivity index (χ4v) is 2.40. The SMILES string of the molecule is O=C(Nc1nc(-c2cccc(F)c2)cs1)c1cnccn1. The number of nitrogens with one attached hydrogen (secondary N) is 1. The van der Waals surface area contributed by atoms with Gasteiger partial charge in [-0.3, -0.25) is 15.1 Å². The Hall–Kier alpha value is -2.67. The van der Waals surface area contributed by atoms with Crippen LogP contribution in [0.2, 0.25) is 0 Å². The second-order valence-corrected chi connectivity index (χ2v) is 4.95. The van der Waals surface area contributed by atoms with Crippen molar-refractivity contribution in [1.29, 1.82) is 0 Å². The van der Waals surface area contributed by atoms with Gasteiger partial charge in [-0.1, -0.05) is 12.1 Å². The average molecular weight is 300 g/mol. The van der Waals surface area contributed by atoms with Gasteiger partial charge in [0.15, 0.2) is 5.13 Å². The number of anilines is 1. The van der Waals surface area contributed by atoms with Gasteiger partial charge in [-0.05, 0) is 12.1 Å². The van der Waals surface area contributed by atoms with Gasteiger partial charge in [-0.2, -0.15) is 0 Å². The summed E-state index contributed by atoms with van der Waals surface area (Å²) in [4.78, 5) is 23.9. The Balaban J connectivity index is 1.78. The van der Waals surface area contributed by atoms with Crippen LogP contribution in [0.25, 0.3) is 11.3 Å². The minimum Gasteiger partial charge on any atom is -0.296 e. The Morgan fingerprint density at radius 1 is 1.29 bits per heavy atom. The minimum absolute atomic E-state index is 0.208. The fourth-order valence-electron chi connectivity index (χ4n) is 1.69. The quantitative estimate of drug-likeness (QED) is 0.807. The van der Waals surface area contributed by atoms with Crippen LogP contribution in [0.15, 0.2) is 48.2 Å². The number of carbonyl (C=O) groups excluding carboxylic acids is 1. The molecule has 2 aromatic heterocycles. The van der Waals surface area contributed by atoms with Gasteiger partial charge in [-0.15, -0.1) is 11.3 Å². The van der Waals surface area contributed by atoms with Gasteiger partial charge in [-0.25, -0.2) is 14.4 Å². The average Bonchev–Trinajstić information content (AvgIpc) is 2.97. The number of nitrogens with zero attached hydrogens (tertiary/aromatic N) is 3. The predicted molar refractivity (Wildman–Crippen MR) is 77.5 cm³/mol. The highest BCUT2D eigenvalue weighted by Gasteiger charge is 2.11. The van der Waals surface area contributed by atoms with Crippen LogP contribution >= 0.6 is 11.3 Å². The van der Waals surface area contributed by atoms with Gasteiger partial charge in [0.2, 0.25) is 0 Å². The van der Waals surface area contributed by atoms with Crippen LogP contribution in [0.1, 0.15) is 10.5 Å². The van der Waals surface area contributed by atoms with E-state index in [1.165, 1.54) is 42.1 Å². The normalized spacial score (nSPS) is 10.3. The maximum atomic E-state index is 13.2. The van der Waals surface area contributed by atoms with Gasteiger partial charge < -0.3 is 0 Å². The lowest BCUT2D eigenvalue weighted by Crippen LogP contribution is -2.13. The molecule has 1 N–H and O–H groups in total. The summed E-state index contributed by atoms with van der Waals surface area (Å²) in [5, 5.41) is 4.81. The summed E-state index contributed by atoms with van der Waals surface area (Å²) in [5.41, 5.74) is 1.47. The topological polar surface area (TPSA) is 67.8 Å². The molecule has 2 heterocycles. The Bertz CT molecular complexity index is 775. The van der Waals surface area contributed by atoms with E-state index in [0.717, 1.165) is 0 Å². The third-order valence-corrected chi connectivity index (χ3v) is 3.40. The lowest BCUT2D eigenvalue weighted by Gasteiger charge is -1.99. The monoisotopic (exact) mass is 300 g/mol. The molecule has 5 nitrogen and oxygen atoms in total. The maximum Gasteiger partial charge on any atom is 0.277 e. The van der Waals surface area contributed by atoms with E-state index in [1.807, 2.05) is 0 Å². The van der Waals surface area contributed by atoms with Crippen molar-refractivity contribution in [2.45, 2.75) is 0 Å². The highest BCUT2D eigenvalue weighted by Crippen LogP contribution is 2.25. The smallest absolute Gasteiger partial charge is 0.277 e. The summed E-state index contributed by atoms with van der Waals surface area (Å²) >= 11 is 1.26. The van der Waals surface area contributed by atoms with Gasteiger partial charge in [0.05, 0.1) is 11.9 Å². The third-order valence-electron chi connectivity index (χ3n) is 2.64. The number of halogens is 1. The van der Waals surface area contributed by atoms with Crippen LogP contribution in [-0.4, -0.2) is 20.9 Å². The molecule has 0 radical (unpaired) electrons.